The first-order valence-electron chi connectivity index (χ1n) is 6.48. The number of ketones is 1. The van der Waals surface area contributed by atoms with E-state index in [1.165, 1.54) is 25.1 Å². The third kappa shape index (κ3) is 3.92. The van der Waals surface area contributed by atoms with Crippen molar-refractivity contribution < 1.29 is 19.5 Å². The van der Waals surface area contributed by atoms with Gasteiger partial charge in [-0.1, -0.05) is 18.2 Å². The zero-order valence-corrected chi connectivity index (χ0v) is 11.8. The van der Waals surface area contributed by atoms with E-state index in [-0.39, 0.29) is 11.5 Å². The maximum Gasteiger partial charge on any atom is 0.314 e. The van der Waals surface area contributed by atoms with Crippen molar-refractivity contribution in [3.63, 3.8) is 0 Å². The minimum atomic E-state index is -0.876. The monoisotopic (exact) mass is 298 g/mol. The van der Waals surface area contributed by atoms with E-state index in [1.54, 1.807) is 30.3 Å². The Kier molecular flexibility index (Phi) is 4.53. The molecule has 2 rings (SSSR count). The summed E-state index contributed by atoms with van der Waals surface area (Å²) in [5.74, 6) is -1.91. The summed E-state index contributed by atoms with van der Waals surface area (Å²) < 4.78 is 0. The topological polar surface area (TPSA) is 95.5 Å². The molecule has 0 unspecified atom stereocenters. The number of Topliss-reactive ketones (excluding diaryl/α,β-unsaturated/α-hetero) is 1. The molecule has 0 aliphatic rings. The van der Waals surface area contributed by atoms with Gasteiger partial charge in [0.05, 0.1) is 0 Å². The fourth-order valence-corrected chi connectivity index (χ4v) is 1.78. The number of rotatable bonds is 3. The van der Waals surface area contributed by atoms with E-state index in [0.717, 1.165) is 0 Å². The molecule has 3 N–H and O–H groups in total. The van der Waals surface area contributed by atoms with E-state index >= 15 is 0 Å². The van der Waals surface area contributed by atoms with E-state index in [0.29, 0.717) is 16.9 Å². The number of phenols is 1. The molecule has 0 fully saturated rings. The molecule has 0 saturated carbocycles. The summed E-state index contributed by atoms with van der Waals surface area (Å²) in [6.07, 6.45) is 0. The Hall–Kier alpha value is -3.15. The summed E-state index contributed by atoms with van der Waals surface area (Å²) in [7, 11) is 0. The molecule has 6 nitrogen and oxygen atoms in total. The standard InChI is InChI=1S/C16H14N2O4/c1-10(19)11-4-2-5-12(8-11)17-15(21)16(22)18-13-6-3-7-14(20)9-13/h2-9,20H,1H3,(H,17,21)(H,18,22). The van der Waals surface area contributed by atoms with Gasteiger partial charge in [0.25, 0.3) is 0 Å². The van der Waals surface area contributed by atoms with Gasteiger partial charge < -0.3 is 15.7 Å². The van der Waals surface area contributed by atoms with Crippen LogP contribution in [-0.4, -0.2) is 22.7 Å². The molecule has 0 aromatic heterocycles. The predicted molar refractivity (Wildman–Crippen MR) is 81.8 cm³/mol. The maximum absolute atomic E-state index is 11.8. The molecular weight excluding hydrogens is 284 g/mol. The number of nitrogens with one attached hydrogen (secondary N) is 2. The maximum atomic E-state index is 11.8. The van der Waals surface area contributed by atoms with Crippen molar-refractivity contribution in [2.24, 2.45) is 0 Å². The minimum Gasteiger partial charge on any atom is -0.508 e. The number of amides is 2. The molecule has 2 aromatic rings. The third-order valence-corrected chi connectivity index (χ3v) is 2.84. The lowest BCUT2D eigenvalue weighted by Gasteiger charge is -2.07. The van der Waals surface area contributed by atoms with Gasteiger partial charge in [0, 0.05) is 23.0 Å². The van der Waals surface area contributed by atoms with Crippen molar-refractivity contribution in [1.29, 1.82) is 0 Å². The van der Waals surface area contributed by atoms with E-state index in [4.69, 9.17) is 0 Å². The summed E-state index contributed by atoms with van der Waals surface area (Å²) in [5.41, 5.74) is 1.09. The molecule has 22 heavy (non-hydrogen) atoms. The zero-order valence-electron chi connectivity index (χ0n) is 11.8. The highest BCUT2D eigenvalue weighted by Crippen LogP contribution is 2.15. The average Bonchev–Trinajstić information content (AvgIpc) is 2.47. The van der Waals surface area contributed by atoms with E-state index in [2.05, 4.69) is 10.6 Å². The Bertz CT molecular complexity index is 740. The second kappa shape index (κ2) is 6.53. The first-order valence-corrected chi connectivity index (χ1v) is 6.48. The largest absolute Gasteiger partial charge is 0.508 e. The van der Waals surface area contributed by atoms with Gasteiger partial charge in [-0.15, -0.1) is 0 Å². The van der Waals surface area contributed by atoms with Crippen LogP contribution in [0, 0.1) is 0 Å². The SMILES string of the molecule is CC(=O)c1cccc(NC(=O)C(=O)Nc2cccc(O)c2)c1. The number of phenolic OH excluding ortho intramolecular Hbond substituents is 1. The highest BCUT2D eigenvalue weighted by molar-refractivity contribution is 6.43. The van der Waals surface area contributed by atoms with Crippen LogP contribution in [0.4, 0.5) is 11.4 Å². The summed E-state index contributed by atoms with van der Waals surface area (Å²) in [6.45, 7) is 1.41. The van der Waals surface area contributed by atoms with Crippen molar-refractivity contribution in [3.8, 4) is 5.75 Å². The second-order valence-electron chi connectivity index (χ2n) is 4.60. The fraction of sp³-hybridized carbons (Fsp3) is 0.0625. The van der Waals surface area contributed by atoms with Crippen molar-refractivity contribution in [1.82, 2.24) is 0 Å². The Morgan fingerprint density at radius 2 is 1.41 bits per heavy atom. The van der Waals surface area contributed by atoms with Crippen LogP contribution in [0.15, 0.2) is 48.5 Å². The van der Waals surface area contributed by atoms with Crippen molar-refractivity contribution in [3.05, 3.63) is 54.1 Å². The number of carbonyl (C=O) groups excluding carboxylic acids is 3. The fourth-order valence-electron chi connectivity index (χ4n) is 1.78. The normalized spacial score (nSPS) is 9.86. The van der Waals surface area contributed by atoms with Gasteiger partial charge in [0.15, 0.2) is 5.78 Å². The van der Waals surface area contributed by atoms with Crippen LogP contribution in [0.25, 0.3) is 0 Å². The molecule has 0 spiro atoms. The average molecular weight is 298 g/mol. The first kappa shape index (κ1) is 15.2. The molecule has 0 aliphatic carbocycles. The molecular formula is C16H14N2O4. The van der Waals surface area contributed by atoms with Gasteiger partial charge in [0.2, 0.25) is 0 Å². The van der Waals surface area contributed by atoms with Crippen molar-refractivity contribution in [2.75, 3.05) is 10.6 Å². The lowest BCUT2D eigenvalue weighted by atomic mass is 10.1. The van der Waals surface area contributed by atoms with Gasteiger partial charge in [-0.3, -0.25) is 14.4 Å². The van der Waals surface area contributed by atoms with Gasteiger partial charge in [-0.2, -0.15) is 0 Å². The number of carbonyl (C=O) groups is 3. The lowest BCUT2D eigenvalue weighted by molar-refractivity contribution is -0.132. The molecule has 2 aromatic carbocycles. The summed E-state index contributed by atoms with van der Waals surface area (Å²) in [6, 6.07) is 12.1. The number of anilines is 2. The van der Waals surface area contributed by atoms with Crippen LogP contribution in [0.1, 0.15) is 17.3 Å². The first-order chi connectivity index (χ1) is 10.5. The molecule has 0 aliphatic heterocycles. The van der Waals surface area contributed by atoms with Crippen molar-refractivity contribution in [2.45, 2.75) is 6.92 Å². The molecule has 0 heterocycles. The number of benzene rings is 2. The van der Waals surface area contributed by atoms with Crippen LogP contribution in [0.3, 0.4) is 0 Å². The molecule has 112 valence electrons. The molecule has 0 saturated heterocycles. The Balaban J connectivity index is 2.04. The molecule has 6 heteroatoms. The minimum absolute atomic E-state index is 0.0210. The number of aromatic hydroxyl groups is 1. The molecule has 0 bridgehead atoms. The molecule has 2 amide bonds. The molecule has 0 radical (unpaired) electrons. The van der Waals surface area contributed by atoms with E-state index < -0.39 is 11.8 Å². The highest BCUT2D eigenvalue weighted by Gasteiger charge is 2.14. The van der Waals surface area contributed by atoms with Gasteiger partial charge in [0.1, 0.15) is 5.75 Å². The zero-order chi connectivity index (χ0) is 16.1. The smallest absolute Gasteiger partial charge is 0.314 e. The van der Waals surface area contributed by atoms with Crippen LogP contribution < -0.4 is 10.6 Å². The summed E-state index contributed by atoms with van der Waals surface area (Å²) in [5, 5.41) is 14.1. The van der Waals surface area contributed by atoms with Crippen LogP contribution >= 0.6 is 0 Å². The summed E-state index contributed by atoms with van der Waals surface area (Å²) >= 11 is 0. The predicted octanol–water partition coefficient (Wildman–Crippen LogP) is 2.17. The van der Waals surface area contributed by atoms with Crippen LogP contribution in [0.5, 0.6) is 5.75 Å². The Labute approximate surface area is 126 Å². The van der Waals surface area contributed by atoms with Gasteiger partial charge in [-0.05, 0) is 31.2 Å². The summed E-state index contributed by atoms with van der Waals surface area (Å²) in [4.78, 5) is 34.9. The van der Waals surface area contributed by atoms with Crippen LogP contribution in [0.2, 0.25) is 0 Å². The highest BCUT2D eigenvalue weighted by atomic mass is 16.3. The van der Waals surface area contributed by atoms with Gasteiger partial charge >= 0.3 is 11.8 Å². The number of hydrogen-bond acceptors (Lipinski definition) is 4. The third-order valence-electron chi connectivity index (χ3n) is 2.84. The van der Waals surface area contributed by atoms with E-state index in [1.807, 2.05) is 0 Å². The lowest BCUT2D eigenvalue weighted by Crippen LogP contribution is -2.29. The van der Waals surface area contributed by atoms with Crippen molar-refractivity contribution >= 4 is 29.0 Å². The quantitative estimate of drug-likeness (QED) is 0.597. The Morgan fingerprint density at radius 3 is 1.95 bits per heavy atom. The van der Waals surface area contributed by atoms with Gasteiger partial charge in [-0.25, -0.2) is 0 Å². The second-order valence-corrected chi connectivity index (χ2v) is 4.60. The Morgan fingerprint density at radius 1 is 0.864 bits per heavy atom. The molecule has 0 atom stereocenters. The van der Waals surface area contributed by atoms with E-state index in [9.17, 15) is 19.5 Å². The number of hydrogen-bond donors (Lipinski definition) is 3. The van der Waals surface area contributed by atoms with Crippen LogP contribution in [-0.2, 0) is 9.59 Å².